The molecule has 0 spiro atoms. The predicted octanol–water partition coefficient (Wildman–Crippen LogP) is 4.33. The lowest BCUT2D eigenvalue weighted by Crippen LogP contribution is -2.38. The maximum Gasteiger partial charge on any atom is 0.306 e. The highest BCUT2D eigenvalue weighted by molar-refractivity contribution is 5.86. The molecule has 0 aromatic heterocycles. The summed E-state index contributed by atoms with van der Waals surface area (Å²) < 4.78 is 5.64. The van der Waals surface area contributed by atoms with Crippen LogP contribution in [-0.2, 0) is 25.5 Å². The Morgan fingerprint density at radius 3 is 2.65 bits per heavy atom. The van der Waals surface area contributed by atoms with Crippen molar-refractivity contribution in [3.05, 3.63) is 83.4 Å². The highest BCUT2D eigenvalue weighted by Crippen LogP contribution is 2.29. The number of cyclic esters (lactones) is 1. The number of nitrogens with one attached hydrogen (secondary N) is 2. The summed E-state index contributed by atoms with van der Waals surface area (Å²) in [5.74, 6) is -1.10. The number of allylic oxidation sites excluding steroid dienone is 2. The number of hydrogen-bond donors (Lipinski definition) is 2. The van der Waals surface area contributed by atoms with Crippen molar-refractivity contribution in [3.63, 3.8) is 0 Å². The summed E-state index contributed by atoms with van der Waals surface area (Å²) in [5.41, 5.74) is 3.29. The molecule has 2 N–H and O–H groups in total. The normalized spacial score (nSPS) is 24.4. The number of carbonyl (C=O) groups is 3. The van der Waals surface area contributed by atoms with Crippen LogP contribution in [0.2, 0.25) is 0 Å². The zero-order chi connectivity index (χ0) is 23.8. The van der Waals surface area contributed by atoms with Crippen LogP contribution in [0, 0.1) is 5.92 Å². The molecule has 6 nitrogen and oxygen atoms in total. The molecule has 0 unspecified atom stereocenters. The van der Waals surface area contributed by atoms with Crippen molar-refractivity contribution in [2.45, 2.75) is 57.1 Å². The molecule has 2 amide bonds. The Labute approximate surface area is 200 Å². The van der Waals surface area contributed by atoms with Gasteiger partial charge in [0, 0.05) is 12.8 Å². The highest BCUT2D eigenvalue weighted by Gasteiger charge is 2.26. The van der Waals surface area contributed by atoms with Crippen LogP contribution in [0.5, 0.6) is 0 Å². The van der Waals surface area contributed by atoms with E-state index in [-0.39, 0.29) is 43.2 Å². The van der Waals surface area contributed by atoms with E-state index < -0.39 is 12.0 Å². The first-order chi connectivity index (χ1) is 16.6. The molecule has 1 heterocycles. The highest BCUT2D eigenvalue weighted by atomic mass is 16.5. The standard InChI is InChI=1S/C28H32N2O4/c31-26(30-24-16-9-14-20-10-7-8-15-23(20)24)18-22-13-5-2-6-17-27(32)34-25(19-29-28(22)33)21-11-3-1-4-12-21/h1-5,7-8,10-12,15,22,24-25H,6,9,13-14,16-19H2,(H,29,33)(H,30,31)/b5-2+/t22-,24+,25-/m0/s1. The van der Waals surface area contributed by atoms with Gasteiger partial charge in [-0.05, 0) is 48.8 Å². The van der Waals surface area contributed by atoms with E-state index >= 15 is 0 Å². The summed E-state index contributed by atoms with van der Waals surface area (Å²) >= 11 is 0. The summed E-state index contributed by atoms with van der Waals surface area (Å²) in [5, 5.41) is 6.07. The van der Waals surface area contributed by atoms with E-state index in [0.717, 1.165) is 24.8 Å². The molecule has 34 heavy (non-hydrogen) atoms. The second-order valence-corrected chi connectivity index (χ2v) is 8.99. The minimum Gasteiger partial charge on any atom is -0.456 e. The Hall–Kier alpha value is -3.41. The Morgan fingerprint density at radius 1 is 1.00 bits per heavy atom. The Morgan fingerprint density at radius 2 is 1.79 bits per heavy atom. The molecule has 0 radical (unpaired) electrons. The van der Waals surface area contributed by atoms with Gasteiger partial charge < -0.3 is 15.4 Å². The van der Waals surface area contributed by atoms with E-state index in [1.54, 1.807) is 0 Å². The third-order valence-corrected chi connectivity index (χ3v) is 6.52. The van der Waals surface area contributed by atoms with E-state index in [9.17, 15) is 14.4 Å². The quantitative estimate of drug-likeness (QED) is 0.526. The summed E-state index contributed by atoms with van der Waals surface area (Å²) in [4.78, 5) is 38.2. The molecular weight excluding hydrogens is 428 g/mol. The number of ether oxygens (including phenoxy) is 1. The number of rotatable bonds is 4. The van der Waals surface area contributed by atoms with Gasteiger partial charge in [-0.3, -0.25) is 14.4 Å². The third-order valence-electron chi connectivity index (χ3n) is 6.52. The van der Waals surface area contributed by atoms with Crippen LogP contribution in [0.3, 0.4) is 0 Å². The number of carbonyl (C=O) groups excluding carboxylic acids is 3. The minimum absolute atomic E-state index is 0.0100. The van der Waals surface area contributed by atoms with Crippen molar-refractivity contribution in [2.75, 3.05) is 6.54 Å². The van der Waals surface area contributed by atoms with Crippen molar-refractivity contribution >= 4 is 17.8 Å². The van der Waals surface area contributed by atoms with E-state index in [1.807, 2.05) is 54.6 Å². The predicted molar refractivity (Wildman–Crippen MR) is 130 cm³/mol. The van der Waals surface area contributed by atoms with Crippen LogP contribution in [0.15, 0.2) is 66.7 Å². The fourth-order valence-corrected chi connectivity index (χ4v) is 4.69. The zero-order valence-electron chi connectivity index (χ0n) is 19.4. The number of hydrogen-bond acceptors (Lipinski definition) is 4. The fraction of sp³-hybridized carbons (Fsp3) is 0.393. The van der Waals surface area contributed by atoms with Crippen molar-refractivity contribution in [1.29, 1.82) is 0 Å². The van der Waals surface area contributed by atoms with Crippen LogP contribution in [0.4, 0.5) is 0 Å². The second-order valence-electron chi connectivity index (χ2n) is 8.99. The average Bonchev–Trinajstić information content (AvgIpc) is 2.85. The van der Waals surface area contributed by atoms with Gasteiger partial charge in [0.1, 0.15) is 6.10 Å². The van der Waals surface area contributed by atoms with Gasteiger partial charge in [-0.2, -0.15) is 0 Å². The summed E-state index contributed by atoms with van der Waals surface area (Å²) in [6.07, 6.45) is 7.57. The average molecular weight is 461 g/mol. The number of esters is 1. The maximum absolute atomic E-state index is 13.0. The molecule has 0 saturated heterocycles. The largest absolute Gasteiger partial charge is 0.456 e. The number of benzene rings is 2. The van der Waals surface area contributed by atoms with E-state index in [2.05, 4.69) is 22.8 Å². The summed E-state index contributed by atoms with van der Waals surface area (Å²) in [6, 6.07) is 17.6. The lowest BCUT2D eigenvalue weighted by Gasteiger charge is -2.27. The number of aryl methyl sites for hydroxylation is 1. The Kier molecular flexibility index (Phi) is 8.12. The van der Waals surface area contributed by atoms with Crippen molar-refractivity contribution < 1.29 is 19.1 Å². The molecule has 2 aliphatic rings. The molecule has 2 aromatic rings. The van der Waals surface area contributed by atoms with E-state index in [1.165, 1.54) is 11.1 Å². The second kappa shape index (κ2) is 11.6. The molecule has 2 aromatic carbocycles. The van der Waals surface area contributed by atoms with Gasteiger partial charge in [0.15, 0.2) is 0 Å². The minimum atomic E-state index is -0.561. The van der Waals surface area contributed by atoms with Crippen molar-refractivity contribution in [1.82, 2.24) is 10.6 Å². The van der Waals surface area contributed by atoms with Crippen molar-refractivity contribution in [3.8, 4) is 0 Å². The van der Waals surface area contributed by atoms with Gasteiger partial charge >= 0.3 is 5.97 Å². The Balaban J connectivity index is 1.42. The Bertz CT molecular complexity index is 1030. The zero-order valence-corrected chi connectivity index (χ0v) is 19.4. The van der Waals surface area contributed by atoms with Crippen LogP contribution < -0.4 is 10.6 Å². The number of fused-ring (bicyclic) bond motifs is 1. The van der Waals surface area contributed by atoms with Gasteiger partial charge in [-0.15, -0.1) is 0 Å². The molecule has 0 bridgehead atoms. The molecule has 1 aliphatic carbocycles. The van der Waals surface area contributed by atoms with Crippen LogP contribution in [-0.4, -0.2) is 24.3 Å². The molecule has 3 atom stereocenters. The van der Waals surface area contributed by atoms with Crippen LogP contribution >= 0.6 is 0 Å². The SMILES string of the molecule is O=C(C[C@@H]1C/C=C/CCC(=O)O[C@H](c2ccccc2)CNC1=O)N[C@@H]1CCCc2ccccc21. The smallest absolute Gasteiger partial charge is 0.306 e. The summed E-state index contributed by atoms with van der Waals surface area (Å²) in [6.45, 7) is 0.173. The molecular formula is C28H32N2O4. The van der Waals surface area contributed by atoms with E-state index in [0.29, 0.717) is 12.8 Å². The first-order valence-electron chi connectivity index (χ1n) is 12.1. The number of amides is 2. The molecule has 0 saturated carbocycles. The van der Waals surface area contributed by atoms with Crippen LogP contribution in [0.25, 0.3) is 0 Å². The van der Waals surface area contributed by atoms with Crippen LogP contribution in [0.1, 0.15) is 67.4 Å². The molecule has 1 aliphatic heterocycles. The lowest BCUT2D eigenvalue weighted by molar-refractivity contribution is -0.150. The first-order valence-corrected chi connectivity index (χ1v) is 12.1. The lowest BCUT2D eigenvalue weighted by atomic mass is 9.87. The molecule has 178 valence electrons. The van der Waals surface area contributed by atoms with Gasteiger partial charge in [0.2, 0.25) is 11.8 Å². The maximum atomic E-state index is 13.0. The fourth-order valence-electron chi connectivity index (χ4n) is 4.69. The molecule has 6 heteroatoms. The van der Waals surface area contributed by atoms with E-state index in [4.69, 9.17) is 4.74 Å². The molecule has 4 rings (SSSR count). The first kappa shape index (κ1) is 23.7. The monoisotopic (exact) mass is 460 g/mol. The van der Waals surface area contributed by atoms with Gasteiger partial charge in [-0.1, -0.05) is 66.7 Å². The molecule has 0 fully saturated rings. The topological polar surface area (TPSA) is 84.5 Å². The summed E-state index contributed by atoms with van der Waals surface area (Å²) in [7, 11) is 0. The van der Waals surface area contributed by atoms with Gasteiger partial charge in [0.25, 0.3) is 0 Å². The third kappa shape index (κ3) is 6.34. The van der Waals surface area contributed by atoms with Crippen molar-refractivity contribution in [2.24, 2.45) is 5.92 Å². The van der Waals surface area contributed by atoms with Gasteiger partial charge in [-0.25, -0.2) is 0 Å². The van der Waals surface area contributed by atoms with Gasteiger partial charge in [0.05, 0.1) is 18.5 Å².